The highest BCUT2D eigenvalue weighted by Gasteiger charge is 2.01. The third-order valence-electron chi connectivity index (χ3n) is 2.52. The highest BCUT2D eigenvalue weighted by molar-refractivity contribution is 7.09. The molecule has 0 spiro atoms. The van der Waals surface area contributed by atoms with Crippen molar-refractivity contribution in [3.8, 4) is 5.75 Å². The lowest BCUT2D eigenvalue weighted by atomic mass is 10.3. The third kappa shape index (κ3) is 4.61. The molecule has 1 N–H and O–H groups in total. The average molecular weight is 277 g/mol. The molecule has 2 rings (SSSR count). The van der Waals surface area contributed by atoms with Gasteiger partial charge in [-0.05, 0) is 19.1 Å². The van der Waals surface area contributed by atoms with Crippen LogP contribution in [0.25, 0.3) is 0 Å². The molecule has 5 heteroatoms. The average Bonchev–Trinajstić information content (AvgIpc) is 2.81. The number of aromatic nitrogens is 2. The van der Waals surface area contributed by atoms with Crippen LogP contribution in [0, 0.1) is 6.92 Å². The monoisotopic (exact) mass is 277 g/mol. The smallest absolute Gasteiger partial charge is 0.140 e. The highest BCUT2D eigenvalue weighted by atomic mass is 32.1. The summed E-state index contributed by atoms with van der Waals surface area (Å²) in [4.78, 5) is 8.72. The quantitative estimate of drug-likeness (QED) is 0.882. The number of pyridine rings is 1. The molecule has 0 fully saturated rings. The molecule has 0 aromatic carbocycles. The Morgan fingerprint density at radius 1 is 1.37 bits per heavy atom. The van der Waals surface area contributed by atoms with E-state index in [2.05, 4.69) is 29.1 Å². The van der Waals surface area contributed by atoms with Crippen molar-refractivity contribution in [2.75, 3.05) is 0 Å². The predicted molar refractivity (Wildman–Crippen MR) is 77.4 cm³/mol. The molecule has 2 aromatic heterocycles. The number of ether oxygens (including phenoxy) is 1. The van der Waals surface area contributed by atoms with Gasteiger partial charge in [0.25, 0.3) is 0 Å². The first kappa shape index (κ1) is 14.0. The van der Waals surface area contributed by atoms with Crippen LogP contribution < -0.4 is 10.1 Å². The van der Waals surface area contributed by atoms with Gasteiger partial charge in [0.1, 0.15) is 17.4 Å². The molecule has 0 unspecified atom stereocenters. The largest absolute Gasteiger partial charge is 0.485 e. The molecule has 4 nitrogen and oxygen atoms in total. The fourth-order valence-electron chi connectivity index (χ4n) is 1.52. The van der Waals surface area contributed by atoms with E-state index in [1.807, 2.05) is 24.4 Å². The van der Waals surface area contributed by atoms with E-state index in [0.717, 1.165) is 28.7 Å². The van der Waals surface area contributed by atoms with E-state index in [0.29, 0.717) is 12.6 Å². The standard InChI is InChI=1S/C14H19N3OS/c1-10(2)15-6-12-4-5-13(7-16-12)18-8-14-17-11(3)9-19-14/h4-5,7,9-10,15H,6,8H2,1-3H3. The minimum atomic E-state index is 0.464. The molecule has 0 bridgehead atoms. The van der Waals surface area contributed by atoms with Crippen LogP contribution in [-0.4, -0.2) is 16.0 Å². The highest BCUT2D eigenvalue weighted by Crippen LogP contribution is 2.14. The molecule has 0 saturated carbocycles. The van der Waals surface area contributed by atoms with E-state index >= 15 is 0 Å². The second-order valence-corrected chi connectivity index (χ2v) is 5.63. The topological polar surface area (TPSA) is 47.0 Å². The van der Waals surface area contributed by atoms with E-state index in [1.54, 1.807) is 17.5 Å². The number of hydrogen-bond donors (Lipinski definition) is 1. The minimum Gasteiger partial charge on any atom is -0.485 e. The summed E-state index contributed by atoms with van der Waals surface area (Å²) in [6.07, 6.45) is 1.76. The molecular weight excluding hydrogens is 258 g/mol. The van der Waals surface area contributed by atoms with Crippen molar-refractivity contribution in [3.05, 3.63) is 40.1 Å². The Labute approximate surface area is 117 Å². The zero-order valence-electron chi connectivity index (χ0n) is 11.5. The number of aryl methyl sites for hydroxylation is 1. The van der Waals surface area contributed by atoms with Gasteiger partial charge in [0.2, 0.25) is 0 Å². The fraction of sp³-hybridized carbons (Fsp3) is 0.429. The molecule has 2 heterocycles. The Kier molecular flexibility index (Phi) is 4.87. The molecule has 0 saturated heterocycles. The summed E-state index contributed by atoms with van der Waals surface area (Å²) in [5.41, 5.74) is 2.06. The summed E-state index contributed by atoms with van der Waals surface area (Å²) in [6.45, 7) is 7.51. The Hall–Kier alpha value is -1.46. The molecule has 0 atom stereocenters. The minimum absolute atomic E-state index is 0.464. The van der Waals surface area contributed by atoms with Crippen LogP contribution >= 0.6 is 11.3 Å². The molecule has 2 aromatic rings. The van der Waals surface area contributed by atoms with Gasteiger partial charge in [-0.1, -0.05) is 13.8 Å². The van der Waals surface area contributed by atoms with Crippen LogP contribution in [0.2, 0.25) is 0 Å². The van der Waals surface area contributed by atoms with Gasteiger partial charge in [-0.25, -0.2) is 4.98 Å². The lowest BCUT2D eigenvalue weighted by molar-refractivity contribution is 0.304. The summed E-state index contributed by atoms with van der Waals surface area (Å²) in [5, 5.41) is 6.34. The first-order valence-electron chi connectivity index (χ1n) is 6.35. The van der Waals surface area contributed by atoms with Gasteiger partial charge in [-0.3, -0.25) is 4.98 Å². The van der Waals surface area contributed by atoms with E-state index < -0.39 is 0 Å². The lowest BCUT2D eigenvalue weighted by Gasteiger charge is -2.08. The van der Waals surface area contributed by atoms with Gasteiger partial charge in [0.05, 0.1) is 11.9 Å². The first-order valence-corrected chi connectivity index (χ1v) is 7.23. The van der Waals surface area contributed by atoms with Gasteiger partial charge in [-0.15, -0.1) is 11.3 Å². The normalized spacial score (nSPS) is 10.9. The molecule has 102 valence electrons. The van der Waals surface area contributed by atoms with Gasteiger partial charge < -0.3 is 10.1 Å². The molecule has 0 amide bonds. The van der Waals surface area contributed by atoms with Crippen molar-refractivity contribution in [1.29, 1.82) is 0 Å². The zero-order chi connectivity index (χ0) is 13.7. The van der Waals surface area contributed by atoms with Gasteiger partial charge >= 0.3 is 0 Å². The Morgan fingerprint density at radius 3 is 2.79 bits per heavy atom. The first-order chi connectivity index (χ1) is 9.13. The fourth-order valence-corrected chi connectivity index (χ4v) is 2.21. The van der Waals surface area contributed by atoms with Crippen LogP contribution in [0.5, 0.6) is 5.75 Å². The van der Waals surface area contributed by atoms with Crippen LogP contribution in [0.3, 0.4) is 0 Å². The molecular formula is C14H19N3OS. The molecule has 0 aliphatic heterocycles. The third-order valence-corrected chi connectivity index (χ3v) is 3.46. The van der Waals surface area contributed by atoms with Crippen molar-refractivity contribution in [2.45, 2.75) is 40.0 Å². The maximum atomic E-state index is 5.65. The van der Waals surface area contributed by atoms with E-state index in [4.69, 9.17) is 4.74 Å². The second-order valence-electron chi connectivity index (χ2n) is 4.69. The second kappa shape index (κ2) is 6.63. The lowest BCUT2D eigenvalue weighted by Crippen LogP contribution is -2.22. The predicted octanol–water partition coefficient (Wildman–Crippen LogP) is 2.92. The summed E-state index contributed by atoms with van der Waals surface area (Å²) in [6, 6.07) is 4.40. The Bertz CT molecular complexity index is 508. The van der Waals surface area contributed by atoms with Crippen LogP contribution in [0.4, 0.5) is 0 Å². The van der Waals surface area contributed by atoms with Gasteiger partial charge in [0, 0.05) is 23.7 Å². The molecule has 0 radical (unpaired) electrons. The van der Waals surface area contributed by atoms with Crippen LogP contribution in [-0.2, 0) is 13.2 Å². The zero-order valence-corrected chi connectivity index (χ0v) is 12.3. The summed E-state index contributed by atoms with van der Waals surface area (Å²) in [5.74, 6) is 0.779. The van der Waals surface area contributed by atoms with E-state index in [-0.39, 0.29) is 0 Å². The summed E-state index contributed by atoms with van der Waals surface area (Å²) in [7, 11) is 0. The van der Waals surface area contributed by atoms with Crippen molar-refractivity contribution in [2.24, 2.45) is 0 Å². The Balaban J connectivity index is 1.84. The summed E-state index contributed by atoms with van der Waals surface area (Å²) >= 11 is 1.62. The van der Waals surface area contributed by atoms with Crippen molar-refractivity contribution in [1.82, 2.24) is 15.3 Å². The van der Waals surface area contributed by atoms with Crippen molar-refractivity contribution < 1.29 is 4.74 Å². The van der Waals surface area contributed by atoms with Crippen LogP contribution in [0.15, 0.2) is 23.7 Å². The SMILES string of the molecule is Cc1csc(COc2ccc(CNC(C)C)nc2)n1. The number of nitrogens with zero attached hydrogens (tertiary/aromatic N) is 2. The number of nitrogens with one attached hydrogen (secondary N) is 1. The van der Waals surface area contributed by atoms with Crippen molar-refractivity contribution >= 4 is 11.3 Å². The summed E-state index contributed by atoms with van der Waals surface area (Å²) < 4.78 is 5.65. The maximum Gasteiger partial charge on any atom is 0.140 e. The van der Waals surface area contributed by atoms with E-state index in [1.165, 1.54) is 0 Å². The van der Waals surface area contributed by atoms with E-state index in [9.17, 15) is 0 Å². The molecule has 0 aliphatic carbocycles. The number of rotatable bonds is 6. The molecule has 0 aliphatic rings. The molecule has 19 heavy (non-hydrogen) atoms. The van der Waals surface area contributed by atoms with Gasteiger partial charge in [-0.2, -0.15) is 0 Å². The Morgan fingerprint density at radius 2 is 2.21 bits per heavy atom. The van der Waals surface area contributed by atoms with Crippen molar-refractivity contribution in [3.63, 3.8) is 0 Å². The number of hydrogen-bond acceptors (Lipinski definition) is 5. The van der Waals surface area contributed by atoms with Gasteiger partial charge in [0.15, 0.2) is 0 Å². The maximum absolute atomic E-state index is 5.65. The van der Waals surface area contributed by atoms with Crippen LogP contribution in [0.1, 0.15) is 30.2 Å². The number of thiazole rings is 1.